The number of rotatable bonds is 4. The summed E-state index contributed by atoms with van der Waals surface area (Å²) in [4.78, 5) is 27.2. The van der Waals surface area contributed by atoms with E-state index in [9.17, 15) is 9.59 Å². The molecule has 0 N–H and O–H groups in total. The van der Waals surface area contributed by atoms with E-state index in [1.165, 1.54) is 15.7 Å². The van der Waals surface area contributed by atoms with Crippen molar-refractivity contribution in [1.29, 1.82) is 0 Å². The first kappa shape index (κ1) is 17.5. The van der Waals surface area contributed by atoms with E-state index < -0.39 is 0 Å². The van der Waals surface area contributed by atoms with Gasteiger partial charge in [0.2, 0.25) is 11.8 Å². The average Bonchev–Trinajstić information content (AvgIpc) is 3.46. The molecular weight excluding hydrogens is 374 g/mol. The van der Waals surface area contributed by atoms with Crippen molar-refractivity contribution in [3.05, 3.63) is 84.4 Å². The summed E-state index contributed by atoms with van der Waals surface area (Å²) < 4.78 is 5.93. The number of carbonyl (C=O) groups excluding carboxylic acids is 2. The van der Waals surface area contributed by atoms with Crippen LogP contribution in [-0.4, -0.2) is 11.8 Å². The molecule has 2 amide bonds. The van der Waals surface area contributed by atoms with E-state index in [4.69, 9.17) is 4.74 Å². The summed E-state index contributed by atoms with van der Waals surface area (Å²) in [7, 11) is 0. The van der Waals surface area contributed by atoms with Crippen LogP contribution in [0, 0.1) is 23.7 Å². The molecule has 1 saturated carbocycles. The number of allylic oxidation sites excluding steroid dienone is 2. The van der Waals surface area contributed by atoms with E-state index >= 15 is 0 Å². The van der Waals surface area contributed by atoms with E-state index in [-0.39, 0.29) is 35.5 Å². The molecule has 4 atom stereocenters. The Morgan fingerprint density at radius 2 is 1.47 bits per heavy atom. The molecule has 2 bridgehead atoms. The van der Waals surface area contributed by atoms with Crippen molar-refractivity contribution in [3.63, 3.8) is 0 Å². The highest BCUT2D eigenvalue weighted by Crippen LogP contribution is 2.53. The number of benzene rings is 3. The van der Waals surface area contributed by atoms with Gasteiger partial charge in [-0.1, -0.05) is 48.6 Å². The van der Waals surface area contributed by atoms with Gasteiger partial charge in [0.15, 0.2) is 0 Å². The maximum atomic E-state index is 12.9. The van der Waals surface area contributed by atoms with Crippen molar-refractivity contribution in [2.45, 2.75) is 13.0 Å². The lowest BCUT2D eigenvalue weighted by molar-refractivity contribution is -0.123. The van der Waals surface area contributed by atoms with Gasteiger partial charge in [-0.05, 0) is 64.9 Å². The van der Waals surface area contributed by atoms with Crippen LogP contribution in [-0.2, 0) is 16.2 Å². The van der Waals surface area contributed by atoms with Crippen LogP contribution in [0.2, 0.25) is 0 Å². The SMILES string of the molecule is O=C1C2C3C=CC(C3)C2C(=O)N1c1ccc(OCc2ccc3ccccc3c2)cc1. The standard InChI is InChI=1S/C26H21NO3/c28-25-23-19-7-8-20(14-19)24(23)26(29)27(25)21-9-11-22(12-10-21)30-15-16-5-6-17-3-1-2-4-18(17)13-16/h1-13,19-20,23-24H,14-15H2. The zero-order valence-corrected chi connectivity index (χ0v) is 16.4. The van der Waals surface area contributed by atoms with Crippen molar-refractivity contribution in [2.24, 2.45) is 23.7 Å². The van der Waals surface area contributed by atoms with Crippen LogP contribution in [0.5, 0.6) is 5.75 Å². The summed E-state index contributed by atoms with van der Waals surface area (Å²) in [6.45, 7) is 0.463. The lowest BCUT2D eigenvalue weighted by Crippen LogP contribution is -2.32. The normalized spacial score (nSPS) is 26.6. The number of amides is 2. The van der Waals surface area contributed by atoms with Crippen LogP contribution in [0.25, 0.3) is 10.8 Å². The summed E-state index contributed by atoms with van der Waals surface area (Å²) in [5, 5.41) is 2.40. The van der Waals surface area contributed by atoms with Crippen LogP contribution in [0.4, 0.5) is 5.69 Å². The van der Waals surface area contributed by atoms with Gasteiger partial charge in [0.1, 0.15) is 12.4 Å². The van der Waals surface area contributed by atoms with Gasteiger partial charge in [0, 0.05) is 0 Å². The molecule has 30 heavy (non-hydrogen) atoms. The first-order valence-corrected chi connectivity index (χ1v) is 10.5. The maximum absolute atomic E-state index is 12.9. The van der Waals surface area contributed by atoms with Gasteiger partial charge in [-0.15, -0.1) is 0 Å². The fraction of sp³-hybridized carbons (Fsp3) is 0.231. The van der Waals surface area contributed by atoms with Crippen LogP contribution in [0.3, 0.4) is 0 Å². The summed E-state index contributed by atoms with van der Waals surface area (Å²) in [6.07, 6.45) is 5.18. The molecule has 3 aromatic rings. The Bertz CT molecular complexity index is 1170. The number of hydrogen-bond acceptors (Lipinski definition) is 3. The fourth-order valence-electron chi connectivity index (χ4n) is 5.34. The van der Waals surface area contributed by atoms with E-state index in [0.29, 0.717) is 18.0 Å². The van der Waals surface area contributed by atoms with Gasteiger partial charge in [0.05, 0.1) is 17.5 Å². The molecule has 0 aromatic heterocycles. The highest BCUT2D eigenvalue weighted by molar-refractivity contribution is 6.22. The van der Waals surface area contributed by atoms with Crippen LogP contribution in [0.1, 0.15) is 12.0 Å². The molecule has 1 saturated heterocycles. The first-order chi connectivity index (χ1) is 14.7. The number of ether oxygens (including phenoxy) is 1. The molecule has 3 aromatic carbocycles. The number of fused-ring (bicyclic) bond motifs is 6. The average molecular weight is 395 g/mol. The maximum Gasteiger partial charge on any atom is 0.238 e. The van der Waals surface area contributed by atoms with Crippen LogP contribution < -0.4 is 9.64 Å². The zero-order chi connectivity index (χ0) is 20.2. The highest BCUT2D eigenvalue weighted by Gasteiger charge is 2.59. The molecule has 1 heterocycles. The molecule has 4 heteroatoms. The molecule has 4 nitrogen and oxygen atoms in total. The smallest absolute Gasteiger partial charge is 0.238 e. The number of imide groups is 1. The summed E-state index contributed by atoms with van der Waals surface area (Å²) >= 11 is 0. The molecule has 3 aliphatic rings. The topological polar surface area (TPSA) is 46.6 Å². The lowest BCUT2D eigenvalue weighted by Gasteiger charge is -2.17. The predicted octanol–water partition coefficient (Wildman–Crippen LogP) is 4.73. The largest absolute Gasteiger partial charge is 0.489 e. The van der Waals surface area contributed by atoms with Gasteiger partial charge >= 0.3 is 0 Å². The third kappa shape index (κ3) is 2.60. The molecule has 148 valence electrons. The quantitative estimate of drug-likeness (QED) is 0.474. The van der Waals surface area contributed by atoms with Crippen molar-refractivity contribution in [1.82, 2.24) is 0 Å². The second kappa shape index (κ2) is 6.56. The Balaban J connectivity index is 1.17. The Labute approximate surface area is 174 Å². The molecule has 2 aliphatic carbocycles. The second-order valence-corrected chi connectivity index (χ2v) is 8.48. The van der Waals surface area contributed by atoms with Gasteiger partial charge in [0.25, 0.3) is 0 Å². The molecule has 6 rings (SSSR count). The van der Waals surface area contributed by atoms with Gasteiger partial charge in [-0.3, -0.25) is 14.5 Å². The number of anilines is 1. The van der Waals surface area contributed by atoms with Crippen LogP contribution >= 0.6 is 0 Å². The minimum absolute atomic E-state index is 0.0494. The Hall–Kier alpha value is -3.40. The van der Waals surface area contributed by atoms with Crippen molar-refractivity contribution in [2.75, 3.05) is 4.90 Å². The minimum Gasteiger partial charge on any atom is -0.489 e. The van der Waals surface area contributed by atoms with Crippen molar-refractivity contribution < 1.29 is 14.3 Å². The fourth-order valence-corrected chi connectivity index (χ4v) is 5.34. The highest BCUT2D eigenvalue weighted by atomic mass is 16.5. The molecule has 0 radical (unpaired) electrons. The van der Waals surface area contributed by atoms with Crippen LogP contribution in [0.15, 0.2) is 78.9 Å². The zero-order valence-electron chi connectivity index (χ0n) is 16.4. The van der Waals surface area contributed by atoms with Crippen molar-refractivity contribution >= 4 is 28.3 Å². The third-order valence-corrected chi connectivity index (χ3v) is 6.78. The summed E-state index contributed by atoms with van der Waals surface area (Å²) in [6, 6.07) is 21.8. The number of nitrogens with zero attached hydrogens (tertiary/aromatic N) is 1. The second-order valence-electron chi connectivity index (χ2n) is 8.48. The van der Waals surface area contributed by atoms with E-state index in [0.717, 1.165) is 12.0 Å². The Morgan fingerprint density at radius 3 is 2.17 bits per heavy atom. The van der Waals surface area contributed by atoms with Gasteiger partial charge < -0.3 is 4.74 Å². The number of hydrogen-bond donors (Lipinski definition) is 0. The lowest BCUT2D eigenvalue weighted by atomic mass is 9.85. The summed E-state index contributed by atoms with van der Waals surface area (Å²) in [5.41, 5.74) is 1.73. The predicted molar refractivity (Wildman–Crippen MR) is 115 cm³/mol. The first-order valence-electron chi connectivity index (χ1n) is 10.5. The van der Waals surface area contributed by atoms with E-state index in [2.05, 4.69) is 42.5 Å². The number of carbonyl (C=O) groups is 2. The third-order valence-electron chi connectivity index (χ3n) is 6.78. The Kier molecular flexibility index (Phi) is 3.82. The molecule has 4 unspecified atom stereocenters. The van der Waals surface area contributed by atoms with Gasteiger partial charge in [-0.25, -0.2) is 0 Å². The molecule has 1 aliphatic heterocycles. The van der Waals surface area contributed by atoms with E-state index in [1.54, 1.807) is 0 Å². The Morgan fingerprint density at radius 1 is 0.800 bits per heavy atom. The molecule has 2 fully saturated rings. The molecular formula is C26H21NO3. The van der Waals surface area contributed by atoms with Gasteiger partial charge in [-0.2, -0.15) is 0 Å². The van der Waals surface area contributed by atoms with Crippen molar-refractivity contribution in [3.8, 4) is 5.75 Å². The monoisotopic (exact) mass is 395 g/mol. The van der Waals surface area contributed by atoms with E-state index in [1.807, 2.05) is 36.4 Å². The minimum atomic E-state index is -0.170. The summed E-state index contributed by atoms with van der Waals surface area (Å²) in [5.74, 6) is 0.732. The molecule has 0 spiro atoms.